The summed E-state index contributed by atoms with van der Waals surface area (Å²) in [6.07, 6.45) is 2.45. The molecule has 0 aliphatic carbocycles. The summed E-state index contributed by atoms with van der Waals surface area (Å²) in [6.45, 7) is 2.66. The molecule has 1 saturated heterocycles. The second kappa shape index (κ2) is 8.62. The minimum atomic E-state index is -0.119. The molecule has 0 aromatic heterocycles. The standard InChI is InChI=1S/C20H23IN2O3/c1-25-18-11-15(16(21)12-19(18)26-2)20(24)22-13-14-7-3-4-8-17(14)23-9-5-6-10-23/h3-4,7-8,11-12H,5-6,9-10,13H2,1-2H3,(H,22,24). The van der Waals surface area contributed by atoms with Crippen LogP contribution in [0, 0.1) is 3.57 Å². The summed E-state index contributed by atoms with van der Waals surface area (Å²) < 4.78 is 11.4. The van der Waals surface area contributed by atoms with Crippen LogP contribution in [0.1, 0.15) is 28.8 Å². The zero-order valence-electron chi connectivity index (χ0n) is 15.0. The number of halogens is 1. The lowest BCUT2D eigenvalue weighted by Gasteiger charge is -2.21. The molecule has 1 aliphatic rings. The highest BCUT2D eigenvalue weighted by Crippen LogP contribution is 2.31. The number of rotatable bonds is 6. The van der Waals surface area contributed by atoms with Crippen LogP contribution < -0.4 is 19.7 Å². The fraction of sp³-hybridized carbons (Fsp3) is 0.350. The topological polar surface area (TPSA) is 50.8 Å². The number of nitrogens with zero attached hydrogens (tertiary/aromatic N) is 1. The number of para-hydroxylation sites is 1. The number of anilines is 1. The summed E-state index contributed by atoms with van der Waals surface area (Å²) in [7, 11) is 3.15. The van der Waals surface area contributed by atoms with Gasteiger partial charge < -0.3 is 19.7 Å². The Morgan fingerprint density at radius 2 is 1.77 bits per heavy atom. The molecule has 0 unspecified atom stereocenters. The first-order chi connectivity index (χ1) is 12.6. The molecule has 3 rings (SSSR count). The zero-order valence-corrected chi connectivity index (χ0v) is 17.2. The van der Waals surface area contributed by atoms with Crippen LogP contribution in [0.5, 0.6) is 11.5 Å². The van der Waals surface area contributed by atoms with E-state index in [1.54, 1.807) is 20.3 Å². The van der Waals surface area contributed by atoms with E-state index in [0.717, 1.165) is 22.2 Å². The number of methoxy groups -OCH3 is 2. The first-order valence-electron chi connectivity index (χ1n) is 8.66. The fourth-order valence-corrected chi connectivity index (χ4v) is 3.91. The Morgan fingerprint density at radius 1 is 1.12 bits per heavy atom. The lowest BCUT2D eigenvalue weighted by molar-refractivity contribution is 0.0949. The average molecular weight is 466 g/mol. The number of hydrogen-bond donors (Lipinski definition) is 1. The second-order valence-corrected chi connectivity index (χ2v) is 7.35. The van der Waals surface area contributed by atoms with Crippen LogP contribution in [0.2, 0.25) is 0 Å². The van der Waals surface area contributed by atoms with Gasteiger partial charge in [0.05, 0.1) is 19.8 Å². The van der Waals surface area contributed by atoms with Crippen LogP contribution in [0.4, 0.5) is 5.69 Å². The molecule has 1 fully saturated rings. The molecule has 0 saturated carbocycles. The summed E-state index contributed by atoms with van der Waals surface area (Å²) in [5.41, 5.74) is 2.94. The summed E-state index contributed by atoms with van der Waals surface area (Å²) in [5.74, 6) is 1.05. The van der Waals surface area contributed by atoms with Gasteiger partial charge in [0.15, 0.2) is 11.5 Å². The third kappa shape index (κ3) is 4.06. The molecule has 138 valence electrons. The molecule has 0 spiro atoms. The molecule has 5 nitrogen and oxygen atoms in total. The van der Waals surface area contributed by atoms with E-state index in [0.29, 0.717) is 23.6 Å². The van der Waals surface area contributed by atoms with Crippen molar-refractivity contribution in [2.75, 3.05) is 32.2 Å². The summed E-state index contributed by atoms with van der Waals surface area (Å²) in [5, 5.41) is 3.04. The fourth-order valence-electron chi connectivity index (χ4n) is 3.23. The number of nitrogens with one attached hydrogen (secondary N) is 1. The molecule has 2 aromatic rings. The smallest absolute Gasteiger partial charge is 0.252 e. The molecule has 0 atom stereocenters. The molecular weight excluding hydrogens is 443 g/mol. The van der Waals surface area contributed by atoms with Gasteiger partial charge in [0, 0.05) is 28.9 Å². The monoisotopic (exact) mass is 466 g/mol. The highest BCUT2D eigenvalue weighted by molar-refractivity contribution is 14.1. The molecule has 2 aromatic carbocycles. The van der Waals surface area contributed by atoms with Crippen molar-refractivity contribution in [1.29, 1.82) is 0 Å². The Balaban J connectivity index is 1.76. The highest BCUT2D eigenvalue weighted by Gasteiger charge is 2.18. The summed E-state index contributed by atoms with van der Waals surface area (Å²) in [6, 6.07) is 11.8. The van der Waals surface area contributed by atoms with Gasteiger partial charge in [0.25, 0.3) is 5.91 Å². The van der Waals surface area contributed by atoms with E-state index in [2.05, 4.69) is 51.0 Å². The number of carbonyl (C=O) groups excluding carboxylic acids is 1. The number of amides is 1. The highest BCUT2D eigenvalue weighted by atomic mass is 127. The predicted octanol–water partition coefficient (Wildman–Crippen LogP) is 3.84. The van der Waals surface area contributed by atoms with E-state index in [-0.39, 0.29) is 5.91 Å². The van der Waals surface area contributed by atoms with E-state index in [9.17, 15) is 4.79 Å². The molecule has 26 heavy (non-hydrogen) atoms. The van der Waals surface area contributed by atoms with Crippen LogP contribution >= 0.6 is 22.6 Å². The minimum absolute atomic E-state index is 0.119. The SMILES string of the molecule is COc1cc(I)c(C(=O)NCc2ccccc2N2CCCC2)cc1OC. The van der Waals surface area contributed by atoms with Gasteiger partial charge in [-0.15, -0.1) is 0 Å². The van der Waals surface area contributed by atoms with Crippen molar-refractivity contribution in [3.63, 3.8) is 0 Å². The van der Waals surface area contributed by atoms with Crippen molar-refractivity contribution < 1.29 is 14.3 Å². The molecule has 0 bridgehead atoms. The second-order valence-electron chi connectivity index (χ2n) is 6.19. The third-order valence-electron chi connectivity index (χ3n) is 4.60. The molecule has 1 aliphatic heterocycles. The van der Waals surface area contributed by atoms with Gasteiger partial charge in [-0.2, -0.15) is 0 Å². The van der Waals surface area contributed by atoms with E-state index < -0.39 is 0 Å². The molecule has 1 heterocycles. The molecule has 0 radical (unpaired) electrons. The van der Waals surface area contributed by atoms with Crippen molar-refractivity contribution >= 4 is 34.2 Å². The Kier molecular flexibility index (Phi) is 6.24. The van der Waals surface area contributed by atoms with Gasteiger partial charge in [-0.3, -0.25) is 4.79 Å². The Bertz CT molecular complexity index is 789. The predicted molar refractivity (Wildman–Crippen MR) is 111 cm³/mol. The number of benzene rings is 2. The molecule has 1 N–H and O–H groups in total. The van der Waals surface area contributed by atoms with Gasteiger partial charge >= 0.3 is 0 Å². The minimum Gasteiger partial charge on any atom is -0.493 e. The van der Waals surface area contributed by atoms with Gasteiger partial charge in [-0.05, 0) is 59.2 Å². The Morgan fingerprint density at radius 3 is 2.46 bits per heavy atom. The Hall–Kier alpha value is -1.96. The lowest BCUT2D eigenvalue weighted by Crippen LogP contribution is -2.26. The summed E-state index contributed by atoms with van der Waals surface area (Å²) >= 11 is 2.14. The van der Waals surface area contributed by atoms with E-state index in [4.69, 9.17) is 9.47 Å². The van der Waals surface area contributed by atoms with Gasteiger partial charge in [-0.25, -0.2) is 0 Å². The van der Waals surface area contributed by atoms with Crippen molar-refractivity contribution in [2.45, 2.75) is 19.4 Å². The summed E-state index contributed by atoms with van der Waals surface area (Å²) in [4.78, 5) is 15.1. The third-order valence-corrected chi connectivity index (χ3v) is 5.49. The van der Waals surface area contributed by atoms with Crippen molar-refractivity contribution in [3.8, 4) is 11.5 Å². The van der Waals surface area contributed by atoms with Crippen LogP contribution in [0.25, 0.3) is 0 Å². The van der Waals surface area contributed by atoms with Crippen LogP contribution in [0.3, 0.4) is 0 Å². The normalized spacial score (nSPS) is 13.6. The van der Waals surface area contributed by atoms with Crippen molar-refractivity contribution in [3.05, 3.63) is 51.1 Å². The number of carbonyl (C=O) groups is 1. The molecule has 6 heteroatoms. The van der Waals surface area contributed by atoms with Gasteiger partial charge in [0.2, 0.25) is 0 Å². The zero-order chi connectivity index (χ0) is 18.5. The van der Waals surface area contributed by atoms with Crippen LogP contribution in [-0.4, -0.2) is 33.2 Å². The molecule has 1 amide bonds. The first kappa shape index (κ1) is 18.8. The van der Waals surface area contributed by atoms with Crippen LogP contribution in [-0.2, 0) is 6.54 Å². The quantitative estimate of drug-likeness (QED) is 0.658. The number of ether oxygens (including phenoxy) is 2. The van der Waals surface area contributed by atoms with E-state index in [1.807, 2.05) is 12.1 Å². The maximum absolute atomic E-state index is 12.7. The average Bonchev–Trinajstić information content (AvgIpc) is 3.20. The van der Waals surface area contributed by atoms with E-state index in [1.165, 1.54) is 18.5 Å². The maximum Gasteiger partial charge on any atom is 0.252 e. The molecular formula is C20H23IN2O3. The van der Waals surface area contributed by atoms with Gasteiger partial charge in [-0.1, -0.05) is 18.2 Å². The van der Waals surface area contributed by atoms with Crippen molar-refractivity contribution in [2.24, 2.45) is 0 Å². The van der Waals surface area contributed by atoms with E-state index >= 15 is 0 Å². The van der Waals surface area contributed by atoms with Crippen molar-refractivity contribution in [1.82, 2.24) is 5.32 Å². The largest absolute Gasteiger partial charge is 0.493 e. The lowest BCUT2D eigenvalue weighted by atomic mass is 10.1. The first-order valence-corrected chi connectivity index (χ1v) is 9.74. The van der Waals surface area contributed by atoms with Gasteiger partial charge in [0.1, 0.15) is 0 Å². The number of hydrogen-bond acceptors (Lipinski definition) is 4. The maximum atomic E-state index is 12.7. The Labute approximate surface area is 167 Å². The van der Waals surface area contributed by atoms with Crippen LogP contribution in [0.15, 0.2) is 36.4 Å².